The minimum atomic E-state index is -0.340. The summed E-state index contributed by atoms with van der Waals surface area (Å²) in [6.45, 7) is 5.85. The summed E-state index contributed by atoms with van der Waals surface area (Å²) in [6.07, 6.45) is 1.11. The van der Waals surface area contributed by atoms with Crippen molar-refractivity contribution in [2.45, 2.75) is 20.3 Å². The van der Waals surface area contributed by atoms with E-state index in [0.717, 1.165) is 19.5 Å². The molecule has 2 unspecified atom stereocenters. The highest BCUT2D eigenvalue weighted by Gasteiger charge is 2.44. The third-order valence-corrected chi connectivity index (χ3v) is 5.96. The second kappa shape index (κ2) is 8.15. The van der Waals surface area contributed by atoms with Gasteiger partial charge in [-0.15, -0.1) is 0 Å². The molecule has 2 aliphatic rings. The molecule has 2 amide bonds. The molecule has 6 heteroatoms. The van der Waals surface area contributed by atoms with E-state index in [9.17, 15) is 9.59 Å². The van der Waals surface area contributed by atoms with Gasteiger partial charge in [-0.3, -0.25) is 9.59 Å². The maximum atomic E-state index is 13.6. The second-order valence-electron chi connectivity index (χ2n) is 8.20. The van der Waals surface area contributed by atoms with Crippen molar-refractivity contribution in [2.75, 3.05) is 25.1 Å². The fourth-order valence-corrected chi connectivity index (χ4v) is 4.70. The molecule has 2 aromatic carbocycles. The van der Waals surface area contributed by atoms with Crippen molar-refractivity contribution >= 4 is 34.7 Å². The first-order chi connectivity index (χ1) is 14.4. The number of rotatable bonds is 4. The zero-order chi connectivity index (χ0) is 21.4. The molecule has 0 bridgehead atoms. The van der Waals surface area contributed by atoms with Gasteiger partial charge in [-0.05, 0) is 48.6 Å². The number of likely N-dealkylation sites (tertiary alicyclic amines) is 1. The predicted octanol–water partition coefficient (Wildman–Crippen LogP) is 4.61. The van der Waals surface area contributed by atoms with Crippen LogP contribution in [0.15, 0.2) is 54.2 Å². The van der Waals surface area contributed by atoms with Crippen molar-refractivity contribution in [3.8, 4) is 5.75 Å². The molecule has 30 heavy (non-hydrogen) atoms. The average Bonchev–Trinajstić information content (AvgIpc) is 2.98. The van der Waals surface area contributed by atoms with Gasteiger partial charge in [0.2, 0.25) is 0 Å². The number of benzene rings is 2. The van der Waals surface area contributed by atoms with Gasteiger partial charge in [0.05, 0.1) is 18.4 Å². The van der Waals surface area contributed by atoms with E-state index in [1.165, 1.54) is 4.90 Å². The van der Waals surface area contributed by atoms with Crippen molar-refractivity contribution in [2.24, 2.45) is 11.8 Å². The van der Waals surface area contributed by atoms with Crippen LogP contribution in [0.4, 0.5) is 5.69 Å². The van der Waals surface area contributed by atoms with E-state index in [1.54, 1.807) is 31.4 Å². The van der Waals surface area contributed by atoms with Crippen molar-refractivity contribution in [1.29, 1.82) is 0 Å². The number of halogens is 1. The van der Waals surface area contributed by atoms with Crippen molar-refractivity contribution < 1.29 is 14.3 Å². The quantitative estimate of drug-likeness (QED) is 0.672. The molecular weight excluding hydrogens is 400 g/mol. The van der Waals surface area contributed by atoms with Crippen LogP contribution in [0.2, 0.25) is 5.02 Å². The standard InChI is InChI=1S/C24H25ClN2O3/c1-15-12-16(2)14-26(13-15)22-21(19-6-4-5-7-20(19)30-3)23(28)27(24(22)29)18-10-8-17(25)9-11-18/h4-11,15-16H,12-14H2,1-3H3. The Bertz CT molecular complexity index is 1010. The Morgan fingerprint density at radius 3 is 2.20 bits per heavy atom. The largest absolute Gasteiger partial charge is 0.496 e. The molecule has 0 saturated carbocycles. The lowest BCUT2D eigenvalue weighted by Crippen LogP contribution is -2.42. The van der Waals surface area contributed by atoms with Crippen LogP contribution in [0.25, 0.3) is 5.57 Å². The highest BCUT2D eigenvalue weighted by atomic mass is 35.5. The van der Waals surface area contributed by atoms with Gasteiger partial charge in [0.1, 0.15) is 11.4 Å². The van der Waals surface area contributed by atoms with Gasteiger partial charge in [0.15, 0.2) is 0 Å². The zero-order valence-electron chi connectivity index (χ0n) is 17.4. The summed E-state index contributed by atoms with van der Waals surface area (Å²) in [4.78, 5) is 30.6. The molecule has 0 radical (unpaired) electrons. The third kappa shape index (κ3) is 3.58. The average molecular weight is 425 g/mol. The second-order valence-corrected chi connectivity index (χ2v) is 8.63. The number of carbonyl (C=O) groups is 2. The summed E-state index contributed by atoms with van der Waals surface area (Å²) in [6, 6.07) is 14.1. The molecule has 1 fully saturated rings. The van der Waals surface area contributed by atoms with Crippen LogP contribution in [0.1, 0.15) is 25.8 Å². The lowest BCUT2D eigenvalue weighted by atomic mass is 9.91. The van der Waals surface area contributed by atoms with Gasteiger partial charge in [-0.2, -0.15) is 0 Å². The summed E-state index contributed by atoms with van der Waals surface area (Å²) in [5.74, 6) is 0.805. The molecular formula is C24H25ClN2O3. The van der Waals surface area contributed by atoms with Gasteiger partial charge in [0, 0.05) is 23.7 Å². The Kier molecular flexibility index (Phi) is 5.56. The molecule has 4 rings (SSSR count). The number of anilines is 1. The van der Waals surface area contributed by atoms with Gasteiger partial charge in [-0.25, -0.2) is 4.90 Å². The molecule has 2 atom stereocenters. The van der Waals surface area contributed by atoms with E-state index in [2.05, 4.69) is 18.7 Å². The molecule has 0 aromatic heterocycles. The Morgan fingerprint density at radius 1 is 0.933 bits per heavy atom. The van der Waals surface area contributed by atoms with E-state index in [-0.39, 0.29) is 11.8 Å². The van der Waals surface area contributed by atoms with Crippen LogP contribution in [0.5, 0.6) is 5.75 Å². The van der Waals surface area contributed by atoms with Gasteiger partial charge < -0.3 is 9.64 Å². The Balaban J connectivity index is 1.87. The number of amides is 2. The number of hydrogen-bond donors (Lipinski definition) is 0. The van der Waals surface area contributed by atoms with E-state index in [1.807, 2.05) is 24.3 Å². The number of methoxy groups -OCH3 is 1. The van der Waals surface area contributed by atoms with E-state index < -0.39 is 0 Å². The highest BCUT2D eigenvalue weighted by Crippen LogP contribution is 2.40. The number of piperidine rings is 1. The lowest BCUT2D eigenvalue weighted by molar-refractivity contribution is -0.120. The van der Waals surface area contributed by atoms with Crippen LogP contribution in [0, 0.1) is 11.8 Å². The van der Waals surface area contributed by atoms with E-state index >= 15 is 0 Å². The Hall–Kier alpha value is -2.79. The minimum absolute atomic E-state index is 0.301. The number of nitrogens with zero attached hydrogens (tertiary/aromatic N) is 2. The maximum absolute atomic E-state index is 13.6. The maximum Gasteiger partial charge on any atom is 0.282 e. The summed E-state index contributed by atoms with van der Waals surface area (Å²) in [5, 5.41) is 0.551. The van der Waals surface area contributed by atoms with Crippen LogP contribution >= 0.6 is 11.6 Å². The SMILES string of the molecule is COc1ccccc1C1=C(N2CC(C)CC(C)C2)C(=O)N(c2ccc(Cl)cc2)C1=O. The molecule has 5 nitrogen and oxygen atoms in total. The topological polar surface area (TPSA) is 49.9 Å². The lowest BCUT2D eigenvalue weighted by Gasteiger charge is -2.37. The fraction of sp³-hybridized carbons (Fsp3) is 0.333. The summed E-state index contributed by atoms with van der Waals surface area (Å²) < 4.78 is 5.52. The van der Waals surface area contributed by atoms with Crippen LogP contribution in [-0.4, -0.2) is 36.9 Å². The van der Waals surface area contributed by atoms with Crippen LogP contribution < -0.4 is 9.64 Å². The van der Waals surface area contributed by atoms with Gasteiger partial charge >= 0.3 is 0 Å². The molecule has 0 aliphatic carbocycles. The fourth-order valence-electron chi connectivity index (χ4n) is 4.58. The van der Waals surface area contributed by atoms with E-state index in [4.69, 9.17) is 16.3 Å². The molecule has 2 aromatic rings. The summed E-state index contributed by atoms with van der Waals surface area (Å²) >= 11 is 6.01. The first-order valence-electron chi connectivity index (χ1n) is 10.2. The molecule has 0 N–H and O–H groups in total. The van der Waals surface area contributed by atoms with Crippen LogP contribution in [0.3, 0.4) is 0 Å². The number of carbonyl (C=O) groups excluding carboxylic acids is 2. The predicted molar refractivity (Wildman–Crippen MR) is 118 cm³/mol. The summed E-state index contributed by atoms with van der Waals surface area (Å²) in [7, 11) is 1.57. The number of imide groups is 1. The van der Waals surface area contributed by atoms with E-state index in [0.29, 0.717) is 45.1 Å². The number of hydrogen-bond acceptors (Lipinski definition) is 4. The molecule has 2 aliphatic heterocycles. The van der Waals surface area contributed by atoms with Crippen molar-refractivity contribution in [1.82, 2.24) is 4.90 Å². The normalized spacial score (nSPS) is 22.1. The molecule has 156 valence electrons. The van der Waals surface area contributed by atoms with Crippen molar-refractivity contribution in [3.05, 3.63) is 64.8 Å². The zero-order valence-corrected chi connectivity index (χ0v) is 18.1. The highest BCUT2D eigenvalue weighted by molar-refractivity contribution is 6.45. The first-order valence-corrected chi connectivity index (χ1v) is 10.6. The number of para-hydroxylation sites is 1. The minimum Gasteiger partial charge on any atom is -0.496 e. The first kappa shape index (κ1) is 20.5. The summed E-state index contributed by atoms with van der Waals surface area (Å²) in [5.41, 5.74) is 2.00. The monoisotopic (exact) mass is 424 g/mol. The molecule has 1 saturated heterocycles. The smallest absolute Gasteiger partial charge is 0.282 e. The van der Waals surface area contributed by atoms with Gasteiger partial charge in [0.25, 0.3) is 11.8 Å². The Labute approximate surface area is 181 Å². The number of ether oxygens (including phenoxy) is 1. The Morgan fingerprint density at radius 2 is 1.57 bits per heavy atom. The van der Waals surface area contributed by atoms with Crippen molar-refractivity contribution in [3.63, 3.8) is 0 Å². The molecule has 0 spiro atoms. The van der Waals surface area contributed by atoms with Gasteiger partial charge in [-0.1, -0.05) is 43.6 Å². The van der Waals surface area contributed by atoms with Crippen LogP contribution in [-0.2, 0) is 9.59 Å². The third-order valence-electron chi connectivity index (χ3n) is 5.71. The molecule has 2 heterocycles.